The van der Waals surface area contributed by atoms with Gasteiger partial charge in [0.25, 0.3) is 0 Å². The van der Waals surface area contributed by atoms with E-state index in [4.69, 9.17) is 5.11 Å². The predicted molar refractivity (Wildman–Crippen MR) is 52.6 cm³/mol. The number of hydrogen-bond acceptors (Lipinski definition) is 3. The Morgan fingerprint density at radius 1 is 1.54 bits per heavy atom. The monoisotopic (exact) mass is 187 g/mol. The van der Waals surface area contributed by atoms with Crippen LogP contribution in [0.1, 0.15) is 32.6 Å². The van der Waals surface area contributed by atoms with Crippen molar-refractivity contribution in [1.29, 1.82) is 0 Å². The standard InChI is InChI=1S/C10H21NO2/c1-9(13)8-11-6-2-4-10(11)5-3-7-12/h9-10,12-13H,2-8H2,1H3. The highest BCUT2D eigenvalue weighted by Crippen LogP contribution is 2.21. The summed E-state index contributed by atoms with van der Waals surface area (Å²) in [6, 6.07) is 0.599. The summed E-state index contributed by atoms with van der Waals surface area (Å²) in [5.74, 6) is 0. The molecule has 0 aromatic rings. The van der Waals surface area contributed by atoms with Crippen molar-refractivity contribution < 1.29 is 10.2 Å². The first-order chi connectivity index (χ1) is 6.24. The topological polar surface area (TPSA) is 43.7 Å². The summed E-state index contributed by atoms with van der Waals surface area (Å²) in [4.78, 5) is 2.35. The molecule has 1 rings (SSSR count). The van der Waals surface area contributed by atoms with E-state index in [0.29, 0.717) is 12.6 Å². The van der Waals surface area contributed by atoms with Gasteiger partial charge in [-0.15, -0.1) is 0 Å². The van der Waals surface area contributed by atoms with Crippen LogP contribution in [-0.4, -0.2) is 47.0 Å². The highest BCUT2D eigenvalue weighted by molar-refractivity contribution is 4.79. The van der Waals surface area contributed by atoms with Gasteiger partial charge in [0.15, 0.2) is 0 Å². The van der Waals surface area contributed by atoms with E-state index in [1.54, 1.807) is 0 Å². The van der Waals surface area contributed by atoms with Crippen molar-refractivity contribution in [3.8, 4) is 0 Å². The van der Waals surface area contributed by atoms with E-state index >= 15 is 0 Å². The molecule has 0 aromatic heterocycles. The highest BCUT2D eigenvalue weighted by atomic mass is 16.3. The Balaban J connectivity index is 2.26. The molecule has 0 amide bonds. The second kappa shape index (κ2) is 5.58. The van der Waals surface area contributed by atoms with Crippen LogP contribution >= 0.6 is 0 Å². The molecule has 2 atom stereocenters. The number of aliphatic hydroxyl groups is 2. The summed E-state index contributed by atoms with van der Waals surface area (Å²) in [5, 5.41) is 18.0. The second-order valence-corrected chi connectivity index (χ2v) is 4.01. The molecule has 0 bridgehead atoms. The van der Waals surface area contributed by atoms with Crippen LogP contribution in [0.25, 0.3) is 0 Å². The molecule has 2 N–H and O–H groups in total. The van der Waals surface area contributed by atoms with Crippen LogP contribution in [0.5, 0.6) is 0 Å². The third-order valence-corrected chi connectivity index (χ3v) is 2.69. The molecule has 0 saturated carbocycles. The van der Waals surface area contributed by atoms with Crippen LogP contribution in [0.2, 0.25) is 0 Å². The largest absolute Gasteiger partial charge is 0.396 e. The number of likely N-dealkylation sites (tertiary alicyclic amines) is 1. The maximum atomic E-state index is 9.26. The van der Waals surface area contributed by atoms with Crippen LogP contribution in [0, 0.1) is 0 Å². The quantitative estimate of drug-likeness (QED) is 0.662. The van der Waals surface area contributed by atoms with E-state index in [9.17, 15) is 5.11 Å². The summed E-state index contributed by atoms with van der Waals surface area (Å²) in [6.45, 7) is 4.03. The van der Waals surface area contributed by atoms with E-state index in [2.05, 4.69) is 4.90 Å². The molecule has 78 valence electrons. The summed E-state index contributed by atoms with van der Waals surface area (Å²) < 4.78 is 0. The summed E-state index contributed by atoms with van der Waals surface area (Å²) >= 11 is 0. The minimum atomic E-state index is -0.227. The Bertz CT molecular complexity index is 139. The van der Waals surface area contributed by atoms with Gasteiger partial charge in [0, 0.05) is 19.2 Å². The van der Waals surface area contributed by atoms with Gasteiger partial charge in [0.05, 0.1) is 6.10 Å². The first-order valence-corrected chi connectivity index (χ1v) is 5.27. The van der Waals surface area contributed by atoms with Gasteiger partial charge in [0.1, 0.15) is 0 Å². The SMILES string of the molecule is CC(O)CN1CCCC1CCCO. The molecule has 0 spiro atoms. The molecular weight excluding hydrogens is 166 g/mol. The summed E-state index contributed by atoms with van der Waals surface area (Å²) in [5.41, 5.74) is 0. The first-order valence-electron chi connectivity index (χ1n) is 5.27. The molecule has 3 nitrogen and oxygen atoms in total. The van der Waals surface area contributed by atoms with Crippen molar-refractivity contribution in [3.63, 3.8) is 0 Å². The fourth-order valence-electron chi connectivity index (χ4n) is 2.13. The molecule has 3 heteroatoms. The number of β-amino-alcohol motifs (C(OH)–C–C–N with tert-alkyl or cyclic N) is 1. The van der Waals surface area contributed by atoms with Gasteiger partial charge in [-0.3, -0.25) is 4.90 Å². The summed E-state index contributed by atoms with van der Waals surface area (Å²) in [7, 11) is 0. The van der Waals surface area contributed by atoms with Gasteiger partial charge in [-0.1, -0.05) is 0 Å². The lowest BCUT2D eigenvalue weighted by Gasteiger charge is -2.25. The van der Waals surface area contributed by atoms with Crippen LogP contribution < -0.4 is 0 Å². The van der Waals surface area contributed by atoms with Crippen molar-refractivity contribution in [2.45, 2.75) is 44.8 Å². The third-order valence-electron chi connectivity index (χ3n) is 2.69. The predicted octanol–water partition coefficient (Wildman–Crippen LogP) is 0.604. The molecular formula is C10H21NO2. The molecule has 1 heterocycles. The Labute approximate surface area is 80.4 Å². The lowest BCUT2D eigenvalue weighted by Crippen LogP contribution is -2.35. The van der Waals surface area contributed by atoms with Crippen molar-refractivity contribution >= 4 is 0 Å². The van der Waals surface area contributed by atoms with E-state index in [1.807, 2.05) is 6.92 Å². The molecule has 1 saturated heterocycles. The molecule has 0 aromatic carbocycles. The lowest BCUT2D eigenvalue weighted by atomic mass is 10.1. The average Bonchev–Trinajstić information content (AvgIpc) is 2.48. The van der Waals surface area contributed by atoms with Gasteiger partial charge >= 0.3 is 0 Å². The molecule has 0 aliphatic carbocycles. The zero-order valence-electron chi connectivity index (χ0n) is 8.45. The number of nitrogens with zero attached hydrogens (tertiary/aromatic N) is 1. The molecule has 2 unspecified atom stereocenters. The zero-order chi connectivity index (χ0) is 9.68. The minimum Gasteiger partial charge on any atom is -0.396 e. The molecule has 0 radical (unpaired) electrons. The molecule has 13 heavy (non-hydrogen) atoms. The van der Waals surface area contributed by atoms with Crippen LogP contribution in [-0.2, 0) is 0 Å². The fourth-order valence-corrected chi connectivity index (χ4v) is 2.13. The van der Waals surface area contributed by atoms with Crippen molar-refractivity contribution in [2.75, 3.05) is 19.7 Å². The average molecular weight is 187 g/mol. The number of hydrogen-bond donors (Lipinski definition) is 2. The Kier molecular flexibility index (Phi) is 4.70. The Morgan fingerprint density at radius 2 is 2.31 bits per heavy atom. The molecule has 1 aliphatic rings. The second-order valence-electron chi connectivity index (χ2n) is 4.01. The zero-order valence-corrected chi connectivity index (χ0v) is 8.45. The summed E-state index contributed by atoms with van der Waals surface area (Å²) in [6.07, 6.45) is 4.20. The van der Waals surface area contributed by atoms with Gasteiger partial charge in [-0.2, -0.15) is 0 Å². The highest BCUT2D eigenvalue weighted by Gasteiger charge is 2.24. The molecule has 1 aliphatic heterocycles. The lowest BCUT2D eigenvalue weighted by molar-refractivity contribution is 0.114. The number of rotatable bonds is 5. The first kappa shape index (κ1) is 11.0. The van der Waals surface area contributed by atoms with E-state index in [1.165, 1.54) is 12.8 Å². The third kappa shape index (κ3) is 3.63. The normalized spacial score (nSPS) is 26.5. The van der Waals surface area contributed by atoms with E-state index < -0.39 is 0 Å². The number of aliphatic hydroxyl groups excluding tert-OH is 2. The van der Waals surface area contributed by atoms with Crippen LogP contribution in [0.3, 0.4) is 0 Å². The molecule has 1 fully saturated rings. The smallest absolute Gasteiger partial charge is 0.0639 e. The maximum Gasteiger partial charge on any atom is 0.0639 e. The van der Waals surface area contributed by atoms with Crippen molar-refractivity contribution in [2.24, 2.45) is 0 Å². The van der Waals surface area contributed by atoms with Crippen LogP contribution in [0.4, 0.5) is 0 Å². The fraction of sp³-hybridized carbons (Fsp3) is 1.00. The van der Waals surface area contributed by atoms with Crippen molar-refractivity contribution in [1.82, 2.24) is 4.90 Å². The van der Waals surface area contributed by atoms with E-state index in [-0.39, 0.29) is 6.10 Å². The van der Waals surface area contributed by atoms with Crippen molar-refractivity contribution in [3.05, 3.63) is 0 Å². The van der Waals surface area contributed by atoms with Gasteiger partial charge in [-0.25, -0.2) is 0 Å². The van der Waals surface area contributed by atoms with E-state index in [0.717, 1.165) is 25.9 Å². The maximum absolute atomic E-state index is 9.26. The minimum absolute atomic E-state index is 0.227. The van der Waals surface area contributed by atoms with Gasteiger partial charge in [0.2, 0.25) is 0 Å². The Morgan fingerprint density at radius 3 is 2.92 bits per heavy atom. The van der Waals surface area contributed by atoms with Crippen LogP contribution in [0.15, 0.2) is 0 Å². The Hall–Kier alpha value is -0.120. The van der Waals surface area contributed by atoms with Gasteiger partial charge < -0.3 is 10.2 Å². The van der Waals surface area contributed by atoms with Gasteiger partial charge in [-0.05, 0) is 39.2 Å².